The van der Waals surface area contributed by atoms with E-state index in [1.54, 1.807) is 13.2 Å². The smallest absolute Gasteiger partial charge is 0.271 e. The standard InChI is InChI=1S/C20H17ClFN5O3/c1-29-15-6-3-12(4-7-15)17-9-18(30-26-17)19(28)24-20-23-11-27(25-20)10-13-2-5-14(22)8-16(13)21/h2-8,11,18H,9-10H2,1H3,(H,24,25,28). The van der Waals surface area contributed by atoms with E-state index in [0.29, 0.717) is 22.7 Å². The highest BCUT2D eigenvalue weighted by Crippen LogP contribution is 2.21. The lowest BCUT2D eigenvalue weighted by atomic mass is 10.0. The number of nitrogens with zero attached hydrogens (tertiary/aromatic N) is 4. The number of methoxy groups -OCH3 is 1. The summed E-state index contributed by atoms with van der Waals surface area (Å²) >= 11 is 6.03. The van der Waals surface area contributed by atoms with Crippen molar-refractivity contribution in [1.29, 1.82) is 0 Å². The summed E-state index contributed by atoms with van der Waals surface area (Å²) < 4.78 is 19.8. The zero-order valence-electron chi connectivity index (χ0n) is 15.9. The topological polar surface area (TPSA) is 90.6 Å². The second kappa shape index (κ2) is 8.50. The molecule has 1 aromatic heterocycles. The fourth-order valence-corrected chi connectivity index (χ4v) is 3.14. The summed E-state index contributed by atoms with van der Waals surface area (Å²) in [5, 5.41) is 11.1. The Labute approximate surface area is 176 Å². The Bertz CT molecular complexity index is 1100. The van der Waals surface area contributed by atoms with Crippen LogP contribution in [0.15, 0.2) is 53.9 Å². The van der Waals surface area contributed by atoms with Crippen LogP contribution < -0.4 is 10.1 Å². The lowest BCUT2D eigenvalue weighted by molar-refractivity contribution is -0.125. The van der Waals surface area contributed by atoms with Crippen molar-refractivity contribution >= 4 is 29.2 Å². The Morgan fingerprint density at radius 1 is 1.33 bits per heavy atom. The molecule has 1 aliphatic rings. The molecule has 2 heterocycles. The molecule has 1 atom stereocenters. The molecule has 4 rings (SSSR count). The minimum absolute atomic E-state index is 0.125. The monoisotopic (exact) mass is 429 g/mol. The summed E-state index contributed by atoms with van der Waals surface area (Å²) in [6.45, 7) is 0.284. The Hall–Kier alpha value is -3.46. The van der Waals surface area contributed by atoms with Gasteiger partial charge < -0.3 is 9.57 Å². The first-order valence-corrected chi connectivity index (χ1v) is 9.41. The van der Waals surface area contributed by atoms with Gasteiger partial charge in [0, 0.05) is 11.4 Å². The number of aromatic nitrogens is 3. The van der Waals surface area contributed by atoms with Crippen molar-refractivity contribution in [2.45, 2.75) is 19.1 Å². The van der Waals surface area contributed by atoms with Crippen LogP contribution in [0.4, 0.5) is 10.3 Å². The average Bonchev–Trinajstić information content (AvgIpc) is 3.40. The number of rotatable bonds is 6. The maximum atomic E-state index is 13.2. The lowest BCUT2D eigenvalue weighted by Gasteiger charge is -2.07. The molecule has 30 heavy (non-hydrogen) atoms. The lowest BCUT2D eigenvalue weighted by Crippen LogP contribution is -2.28. The summed E-state index contributed by atoms with van der Waals surface area (Å²) in [6.07, 6.45) is 0.995. The van der Waals surface area contributed by atoms with Gasteiger partial charge in [-0.25, -0.2) is 14.1 Å². The van der Waals surface area contributed by atoms with Crippen LogP contribution in [-0.4, -0.2) is 39.6 Å². The molecule has 0 aliphatic carbocycles. The summed E-state index contributed by atoms with van der Waals surface area (Å²) in [6, 6.07) is 11.5. The maximum Gasteiger partial charge on any atom is 0.271 e. The van der Waals surface area contributed by atoms with Gasteiger partial charge in [0.05, 0.1) is 19.4 Å². The van der Waals surface area contributed by atoms with E-state index in [-0.39, 0.29) is 12.5 Å². The maximum absolute atomic E-state index is 13.2. The number of carbonyl (C=O) groups excluding carboxylic acids is 1. The van der Waals surface area contributed by atoms with Gasteiger partial charge in [-0.3, -0.25) is 10.1 Å². The van der Waals surface area contributed by atoms with Gasteiger partial charge in [0.15, 0.2) is 0 Å². The summed E-state index contributed by atoms with van der Waals surface area (Å²) in [7, 11) is 1.59. The van der Waals surface area contributed by atoms with E-state index in [9.17, 15) is 9.18 Å². The number of nitrogens with one attached hydrogen (secondary N) is 1. The molecule has 0 spiro atoms. The van der Waals surface area contributed by atoms with E-state index in [0.717, 1.165) is 11.3 Å². The number of amides is 1. The molecule has 8 nitrogen and oxygen atoms in total. The first-order chi connectivity index (χ1) is 14.5. The van der Waals surface area contributed by atoms with E-state index in [1.807, 2.05) is 24.3 Å². The van der Waals surface area contributed by atoms with Crippen LogP contribution in [0.3, 0.4) is 0 Å². The van der Waals surface area contributed by atoms with Crippen molar-refractivity contribution in [3.05, 3.63) is 70.8 Å². The molecular weight excluding hydrogens is 413 g/mol. The van der Waals surface area contributed by atoms with Gasteiger partial charge in [-0.15, -0.1) is 5.10 Å². The molecule has 1 unspecified atom stereocenters. The molecule has 0 fully saturated rings. The summed E-state index contributed by atoms with van der Waals surface area (Å²) in [5.41, 5.74) is 2.20. The predicted octanol–water partition coefficient (Wildman–Crippen LogP) is 3.26. The van der Waals surface area contributed by atoms with Gasteiger partial charge in [0.2, 0.25) is 12.1 Å². The molecule has 3 aromatic rings. The van der Waals surface area contributed by atoms with Crippen LogP contribution >= 0.6 is 11.6 Å². The first-order valence-electron chi connectivity index (χ1n) is 9.03. The number of oxime groups is 1. The average molecular weight is 430 g/mol. The van der Waals surface area contributed by atoms with E-state index >= 15 is 0 Å². The van der Waals surface area contributed by atoms with E-state index in [4.69, 9.17) is 21.2 Å². The molecule has 2 aromatic carbocycles. The number of hydrogen-bond donors (Lipinski definition) is 1. The second-order valence-electron chi connectivity index (χ2n) is 6.56. The van der Waals surface area contributed by atoms with E-state index in [2.05, 4.69) is 20.6 Å². The number of ether oxygens (including phenoxy) is 1. The van der Waals surface area contributed by atoms with Crippen LogP contribution in [0.25, 0.3) is 0 Å². The highest BCUT2D eigenvalue weighted by Gasteiger charge is 2.29. The number of halogens is 2. The van der Waals surface area contributed by atoms with Crippen LogP contribution in [0.5, 0.6) is 5.75 Å². The van der Waals surface area contributed by atoms with Gasteiger partial charge in [0.1, 0.15) is 17.9 Å². The molecule has 0 saturated heterocycles. The van der Waals surface area contributed by atoms with Gasteiger partial charge >= 0.3 is 0 Å². The molecule has 0 bridgehead atoms. The van der Waals surface area contributed by atoms with E-state index in [1.165, 1.54) is 23.1 Å². The van der Waals surface area contributed by atoms with Crippen LogP contribution in [-0.2, 0) is 16.2 Å². The Kier molecular flexibility index (Phi) is 5.62. The molecular formula is C20H17ClFN5O3. The van der Waals surface area contributed by atoms with Gasteiger partial charge in [-0.2, -0.15) is 0 Å². The molecule has 1 aliphatic heterocycles. The number of benzene rings is 2. The summed E-state index contributed by atoms with van der Waals surface area (Å²) in [4.78, 5) is 21.8. The quantitative estimate of drug-likeness (QED) is 0.649. The third kappa shape index (κ3) is 4.41. The zero-order chi connectivity index (χ0) is 21.1. The van der Waals surface area contributed by atoms with Crippen LogP contribution in [0.1, 0.15) is 17.5 Å². The molecule has 0 radical (unpaired) electrons. The fourth-order valence-electron chi connectivity index (χ4n) is 2.92. The van der Waals surface area contributed by atoms with Crippen molar-refractivity contribution in [3.8, 4) is 5.75 Å². The Balaban J connectivity index is 1.34. The Morgan fingerprint density at radius 3 is 2.87 bits per heavy atom. The van der Waals surface area contributed by atoms with Crippen molar-refractivity contribution < 1.29 is 18.8 Å². The van der Waals surface area contributed by atoms with Gasteiger partial charge in [-0.05, 0) is 47.5 Å². The molecule has 154 valence electrons. The van der Waals surface area contributed by atoms with Gasteiger partial charge in [-0.1, -0.05) is 22.8 Å². The highest BCUT2D eigenvalue weighted by atomic mass is 35.5. The third-order valence-corrected chi connectivity index (χ3v) is 4.86. The predicted molar refractivity (Wildman–Crippen MR) is 108 cm³/mol. The van der Waals surface area contributed by atoms with Crippen LogP contribution in [0, 0.1) is 5.82 Å². The minimum atomic E-state index is -0.777. The third-order valence-electron chi connectivity index (χ3n) is 4.50. The Morgan fingerprint density at radius 2 is 2.13 bits per heavy atom. The highest BCUT2D eigenvalue weighted by molar-refractivity contribution is 6.31. The molecule has 0 saturated carbocycles. The first kappa shape index (κ1) is 19.8. The minimum Gasteiger partial charge on any atom is -0.497 e. The van der Waals surface area contributed by atoms with Crippen molar-refractivity contribution in [1.82, 2.24) is 14.8 Å². The second-order valence-corrected chi connectivity index (χ2v) is 6.96. The van der Waals surface area contributed by atoms with Crippen LogP contribution in [0.2, 0.25) is 5.02 Å². The molecule has 1 N–H and O–H groups in total. The fraction of sp³-hybridized carbons (Fsp3) is 0.200. The van der Waals surface area contributed by atoms with E-state index < -0.39 is 17.8 Å². The molecule has 1 amide bonds. The largest absolute Gasteiger partial charge is 0.497 e. The SMILES string of the molecule is COc1ccc(C2=NOC(C(=O)Nc3ncn(Cc4ccc(F)cc4Cl)n3)C2)cc1. The number of carbonyl (C=O) groups is 1. The summed E-state index contributed by atoms with van der Waals surface area (Å²) in [5.74, 6) is 0.0405. The normalized spacial score (nSPS) is 15.4. The van der Waals surface area contributed by atoms with Crippen molar-refractivity contribution in [3.63, 3.8) is 0 Å². The zero-order valence-corrected chi connectivity index (χ0v) is 16.6. The van der Waals surface area contributed by atoms with Crippen molar-refractivity contribution in [2.75, 3.05) is 12.4 Å². The molecule has 10 heteroatoms. The number of anilines is 1. The van der Waals surface area contributed by atoms with Gasteiger partial charge in [0.25, 0.3) is 5.91 Å². The van der Waals surface area contributed by atoms with Crippen molar-refractivity contribution in [2.24, 2.45) is 5.16 Å². The number of hydrogen-bond acceptors (Lipinski definition) is 6.